The van der Waals surface area contributed by atoms with Crippen molar-refractivity contribution < 1.29 is 9.66 Å². The van der Waals surface area contributed by atoms with Gasteiger partial charge in [-0.15, -0.1) is 0 Å². The van der Waals surface area contributed by atoms with Crippen LogP contribution >= 0.6 is 11.6 Å². The number of nitro groups is 1. The lowest BCUT2D eigenvalue weighted by Crippen LogP contribution is -2.37. The Kier molecular flexibility index (Phi) is 4.74. The molecule has 0 saturated carbocycles. The Morgan fingerprint density at radius 1 is 1.11 bits per heavy atom. The van der Waals surface area contributed by atoms with E-state index in [4.69, 9.17) is 16.3 Å². The minimum atomic E-state index is -0.430. The molecule has 4 rings (SSSR count). The molecular formula is C18H16ClN5O3. The first-order valence-electron chi connectivity index (χ1n) is 8.41. The van der Waals surface area contributed by atoms with Gasteiger partial charge in [0.05, 0.1) is 23.7 Å². The summed E-state index contributed by atoms with van der Waals surface area (Å²) in [5.74, 6) is 1.20. The highest BCUT2D eigenvalue weighted by Gasteiger charge is 2.17. The molecule has 0 spiro atoms. The zero-order chi connectivity index (χ0) is 18.8. The van der Waals surface area contributed by atoms with Crippen LogP contribution in [0.1, 0.15) is 0 Å². The number of halogens is 1. The fourth-order valence-corrected chi connectivity index (χ4v) is 3.06. The molecule has 8 nitrogen and oxygen atoms in total. The van der Waals surface area contributed by atoms with Gasteiger partial charge in [0.15, 0.2) is 0 Å². The van der Waals surface area contributed by atoms with Gasteiger partial charge in [-0.1, -0.05) is 11.6 Å². The van der Waals surface area contributed by atoms with Crippen LogP contribution in [0.25, 0.3) is 10.9 Å². The number of hydrogen-bond acceptors (Lipinski definition) is 7. The largest absolute Gasteiger partial charge is 0.378 e. The molecule has 0 unspecified atom stereocenters. The van der Waals surface area contributed by atoms with E-state index < -0.39 is 4.92 Å². The fraction of sp³-hybridized carbons (Fsp3) is 0.222. The molecule has 0 radical (unpaired) electrons. The molecule has 9 heteroatoms. The Morgan fingerprint density at radius 3 is 2.56 bits per heavy atom. The van der Waals surface area contributed by atoms with Crippen molar-refractivity contribution in [1.29, 1.82) is 0 Å². The van der Waals surface area contributed by atoms with Crippen LogP contribution in [0.4, 0.5) is 23.1 Å². The number of morpholine rings is 1. The van der Waals surface area contributed by atoms with Gasteiger partial charge in [-0.25, -0.2) is 4.98 Å². The number of rotatable bonds is 4. The Hall–Kier alpha value is -2.97. The molecule has 1 fully saturated rings. The van der Waals surface area contributed by atoms with E-state index >= 15 is 0 Å². The van der Waals surface area contributed by atoms with E-state index in [1.807, 2.05) is 6.07 Å². The van der Waals surface area contributed by atoms with E-state index in [1.54, 1.807) is 24.3 Å². The monoisotopic (exact) mass is 385 g/mol. The van der Waals surface area contributed by atoms with Gasteiger partial charge in [-0.05, 0) is 30.3 Å². The number of fused-ring (bicyclic) bond motifs is 1. The van der Waals surface area contributed by atoms with E-state index in [0.717, 1.165) is 24.0 Å². The van der Waals surface area contributed by atoms with Crippen molar-refractivity contribution in [3.63, 3.8) is 0 Å². The van der Waals surface area contributed by atoms with Gasteiger partial charge in [-0.3, -0.25) is 10.1 Å². The second-order valence-electron chi connectivity index (χ2n) is 6.06. The van der Waals surface area contributed by atoms with E-state index in [9.17, 15) is 10.1 Å². The molecule has 27 heavy (non-hydrogen) atoms. The number of aromatic nitrogens is 2. The summed E-state index contributed by atoms with van der Waals surface area (Å²) < 4.78 is 5.40. The second-order valence-corrected chi connectivity index (χ2v) is 6.50. The third-order valence-corrected chi connectivity index (χ3v) is 4.52. The van der Waals surface area contributed by atoms with Gasteiger partial charge in [0.1, 0.15) is 5.82 Å². The number of ether oxygens (including phenoxy) is 1. The average Bonchev–Trinajstić information content (AvgIpc) is 2.69. The molecule has 0 atom stereocenters. The number of nitro benzene ring substituents is 1. The van der Waals surface area contributed by atoms with E-state index in [2.05, 4.69) is 20.2 Å². The van der Waals surface area contributed by atoms with Gasteiger partial charge in [0.25, 0.3) is 5.69 Å². The third kappa shape index (κ3) is 3.76. The van der Waals surface area contributed by atoms with Crippen LogP contribution in [0.2, 0.25) is 5.02 Å². The summed E-state index contributed by atoms with van der Waals surface area (Å²) in [6, 6.07) is 11.6. The highest BCUT2D eigenvalue weighted by molar-refractivity contribution is 6.31. The summed E-state index contributed by atoms with van der Waals surface area (Å²) in [4.78, 5) is 21.8. The van der Waals surface area contributed by atoms with E-state index in [1.165, 1.54) is 12.1 Å². The molecule has 3 aromatic rings. The van der Waals surface area contributed by atoms with Crippen LogP contribution < -0.4 is 10.2 Å². The summed E-state index contributed by atoms with van der Waals surface area (Å²) in [5.41, 5.74) is 1.49. The zero-order valence-corrected chi connectivity index (χ0v) is 15.0. The maximum absolute atomic E-state index is 10.8. The van der Waals surface area contributed by atoms with Gasteiger partial charge >= 0.3 is 0 Å². The smallest absolute Gasteiger partial charge is 0.269 e. The normalized spacial score (nSPS) is 14.3. The van der Waals surface area contributed by atoms with Crippen LogP contribution in [-0.2, 0) is 4.74 Å². The number of benzene rings is 2. The molecule has 1 aliphatic rings. The Bertz CT molecular complexity index is 990. The molecule has 0 bridgehead atoms. The lowest BCUT2D eigenvalue weighted by Gasteiger charge is -2.27. The highest BCUT2D eigenvalue weighted by Crippen LogP contribution is 2.29. The van der Waals surface area contributed by atoms with Gasteiger partial charge in [0, 0.05) is 41.3 Å². The van der Waals surface area contributed by atoms with Gasteiger partial charge in [0.2, 0.25) is 5.95 Å². The highest BCUT2D eigenvalue weighted by atomic mass is 35.5. The number of hydrogen-bond donors (Lipinski definition) is 1. The summed E-state index contributed by atoms with van der Waals surface area (Å²) >= 11 is 6.15. The molecule has 1 aromatic heterocycles. The molecule has 0 aliphatic carbocycles. The summed E-state index contributed by atoms with van der Waals surface area (Å²) in [6.45, 7) is 2.70. The van der Waals surface area contributed by atoms with Crippen molar-refractivity contribution in [3.05, 3.63) is 57.6 Å². The molecule has 0 amide bonds. The standard InChI is InChI=1S/C18H16ClN5O3/c19-12-1-6-16-15(11-12)17(20-13-2-4-14(5-3-13)24(25)26)22-18(21-16)23-7-9-27-10-8-23/h1-6,11H,7-10H2,(H,20,21,22). The Morgan fingerprint density at radius 2 is 1.85 bits per heavy atom. The predicted octanol–water partition coefficient (Wildman–Crippen LogP) is 3.77. The van der Waals surface area contributed by atoms with Crippen LogP contribution in [0.3, 0.4) is 0 Å². The molecule has 2 heterocycles. The summed E-state index contributed by atoms with van der Waals surface area (Å²) in [6.07, 6.45) is 0. The Balaban J connectivity index is 1.74. The van der Waals surface area contributed by atoms with Gasteiger partial charge < -0.3 is 15.0 Å². The minimum absolute atomic E-state index is 0.0325. The molecule has 2 aromatic carbocycles. The SMILES string of the molecule is O=[N+]([O-])c1ccc(Nc2nc(N3CCOCC3)nc3ccc(Cl)cc23)cc1. The fourth-order valence-electron chi connectivity index (χ4n) is 2.89. The maximum atomic E-state index is 10.8. The lowest BCUT2D eigenvalue weighted by atomic mass is 10.2. The van der Waals surface area contributed by atoms with Crippen molar-refractivity contribution in [3.8, 4) is 0 Å². The molecule has 1 N–H and O–H groups in total. The third-order valence-electron chi connectivity index (χ3n) is 4.28. The van der Waals surface area contributed by atoms with E-state index in [-0.39, 0.29) is 5.69 Å². The zero-order valence-electron chi connectivity index (χ0n) is 14.3. The van der Waals surface area contributed by atoms with Crippen LogP contribution in [0.15, 0.2) is 42.5 Å². The summed E-state index contributed by atoms with van der Waals surface area (Å²) in [7, 11) is 0. The molecule has 1 aliphatic heterocycles. The van der Waals surface area contributed by atoms with Crippen LogP contribution in [-0.4, -0.2) is 41.2 Å². The number of nitrogens with zero attached hydrogens (tertiary/aromatic N) is 4. The number of nitrogens with one attached hydrogen (secondary N) is 1. The number of non-ortho nitro benzene ring substituents is 1. The Labute approximate surface area is 159 Å². The van der Waals surface area contributed by atoms with Crippen molar-refractivity contribution >= 4 is 45.6 Å². The number of anilines is 3. The van der Waals surface area contributed by atoms with Crippen molar-refractivity contribution in [2.45, 2.75) is 0 Å². The first kappa shape index (κ1) is 17.4. The summed E-state index contributed by atoms with van der Waals surface area (Å²) in [5, 5.41) is 15.4. The van der Waals surface area contributed by atoms with Crippen molar-refractivity contribution in [2.24, 2.45) is 0 Å². The minimum Gasteiger partial charge on any atom is -0.378 e. The topological polar surface area (TPSA) is 93.4 Å². The van der Waals surface area contributed by atoms with Gasteiger partial charge in [-0.2, -0.15) is 4.98 Å². The predicted molar refractivity (Wildman–Crippen MR) is 104 cm³/mol. The quantitative estimate of drug-likeness (QED) is 0.539. The average molecular weight is 386 g/mol. The van der Waals surface area contributed by atoms with Crippen molar-refractivity contribution in [2.75, 3.05) is 36.5 Å². The van der Waals surface area contributed by atoms with Crippen LogP contribution in [0.5, 0.6) is 0 Å². The maximum Gasteiger partial charge on any atom is 0.269 e. The first-order chi connectivity index (χ1) is 13.1. The molecular weight excluding hydrogens is 370 g/mol. The van der Waals surface area contributed by atoms with Crippen LogP contribution in [0, 0.1) is 10.1 Å². The lowest BCUT2D eigenvalue weighted by molar-refractivity contribution is -0.384. The first-order valence-corrected chi connectivity index (χ1v) is 8.79. The molecule has 138 valence electrons. The molecule has 1 saturated heterocycles. The second kappa shape index (κ2) is 7.34. The van der Waals surface area contributed by atoms with Crippen molar-refractivity contribution in [1.82, 2.24) is 9.97 Å². The van der Waals surface area contributed by atoms with E-state index in [0.29, 0.717) is 35.7 Å².